The van der Waals surface area contributed by atoms with E-state index in [0.717, 1.165) is 11.6 Å². The summed E-state index contributed by atoms with van der Waals surface area (Å²) in [5, 5.41) is 2.62. The number of fused-ring (bicyclic) bond motifs is 1. The molecule has 0 radical (unpaired) electrons. The zero-order chi connectivity index (χ0) is 22.5. The molecule has 8 nitrogen and oxygen atoms in total. The van der Waals surface area contributed by atoms with Crippen LogP contribution in [0.2, 0.25) is 25.7 Å². The number of ether oxygens (including phenoxy) is 3. The summed E-state index contributed by atoms with van der Waals surface area (Å²) in [6.45, 7) is 15.1. The third kappa shape index (κ3) is 7.14. The normalized spacial score (nSPS) is 12.1. The van der Waals surface area contributed by atoms with Crippen molar-refractivity contribution in [3.8, 4) is 0 Å². The van der Waals surface area contributed by atoms with Crippen molar-refractivity contribution >= 4 is 37.0 Å². The van der Waals surface area contributed by atoms with Crippen LogP contribution in [0.25, 0.3) is 11.0 Å². The summed E-state index contributed by atoms with van der Waals surface area (Å²) in [4.78, 5) is 28.9. The molecule has 0 unspecified atom stereocenters. The van der Waals surface area contributed by atoms with Crippen LogP contribution in [0.1, 0.15) is 38.2 Å². The number of rotatable bonds is 8. The minimum absolute atomic E-state index is 0.225. The molecule has 2 aromatic heterocycles. The first-order valence-corrected chi connectivity index (χ1v) is 13.9. The van der Waals surface area contributed by atoms with Gasteiger partial charge < -0.3 is 18.8 Å². The molecule has 0 aromatic carbocycles. The Morgan fingerprint density at radius 3 is 2.50 bits per heavy atom. The molecule has 0 aliphatic heterocycles. The van der Waals surface area contributed by atoms with E-state index in [4.69, 9.17) is 14.2 Å². The van der Waals surface area contributed by atoms with Gasteiger partial charge in [0.15, 0.2) is 0 Å². The SMILES string of the molecule is CCOC(=O)c1cc2nc(NC(=O)OC(C)(C)C)ccc2n1COCC[Si](C)(C)C. The lowest BCUT2D eigenvalue weighted by Gasteiger charge is -2.19. The van der Waals surface area contributed by atoms with E-state index in [1.165, 1.54) is 0 Å². The Morgan fingerprint density at radius 2 is 1.90 bits per heavy atom. The molecule has 2 heterocycles. The summed E-state index contributed by atoms with van der Waals surface area (Å²) < 4.78 is 18.0. The first-order valence-electron chi connectivity index (χ1n) is 10.1. The molecule has 0 saturated heterocycles. The van der Waals surface area contributed by atoms with Crippen molar-refractivity contribution in [2.45, 2.75) is 65.7 Å². The predicted molar refractivity (Wildman–Crippen MR) is 120 cm³/mol. The summed E-state index contributed by atoms with van der Waals surface area (Å²) >= 11 is 0. The molecule has 1 N–H and O–H groups in total. The van der Waals surface area contributed by atoms with E-state index in [1.54, 1.807) is 50.5 Å². The van der Waals surface area contributed by atoms with Gasteiger partial charge in [0.1, 0.15) is 23.8 Å². The fraction of sp³-hybridized carbons (Fsp3) is 0.571. The molecule has 0 bridgehead atoms. The van der Waals surface area contributed by atoms with Gasteiger partial charge in [0.2, 0.25) is 0 Å². The molecule has 9 heteroatoms. The number of aromatic nitrogens is 2. The van der Waals surface area contributed by atoms with Crippen molar-refractivity contribution < 1.29 is 23.8 Å². The van der Waals surface area contributed by atoms with Gasteiger partial charge in [-0.05, 0) is 51.9 Å². The molecule has 0 aliphatic rings. The average molecular weight is 436 g/mol. The van der Waals surface area contributed by atoms with Gasteiger partial charge in [0.05, 0.1) is 17.6 Å². The first kappa shape index (κ1) is 23.9. The summed E-state index contributed by atoms with van der Waals surface area (Å²) in [5.74, 6) is -0.102. The first-order chi connectivity index (χ1) is 13.9. The molecular formula is C21H33N3O5Si. The maximum absolute atomic E-state index is 12.4. The number of amides is 1. The highest BCUT2D eigenvalue weighted by molar-refractivity contribution is 6.76. The molecule has 0 saturated carbocycles. The number of nitrogens with one attached hydrogen (secondary N) is 1. The number of anilines is 1. The highest BCUT2D eigenvalue weighted by atomic mass is 28.3. The van der Waals surface area contributed by atoms with Crippen LogP contribution in [0.5, 0.6) is 0 Å². The summed E-state index contributed by atoms with van der Waals surface area (Å²) in [5.41, 5.74) is 1.03. The van der Waals surface area contributed by atoms with Crippen LogP contribution in [-0.4, -0.2) is 48.5 Å². The fourth-order valence-electron chi connectivity index (χ4n) is 2.66. The molecule has 1 amide bonds. The number of esters is 1. The maximum atomic E-state index is 12.4. The lowest BCUT2D eigenvalue weighted by molar-refractivity contribution is 0.0477. The zero-order valence-electron chi connectivity index (χ0n) is 19.0. The fourth-order valence-corrected chi connectivity index (χ4v) is 3.42. The Morgan fingerprint density at radius 1 is 1.20 bits per heavy atom. The lowest BCUT2D eigenvalue weighted by atomic mass is 10.2. The van der Waals surface area contributed by atoms with Gasteiger partial charge >= 0.3 is 12.1 Å². The quantitative estimate of drug-likeness (QED) is 0.361. The van der Waals surface area contributed by atoms with Crippen molar-refractivity contribution in [1.82, 2.24) is 9.55 Å². The third-order valence-electron chi connectivity index (χ3n) is 4.09. The minimum Gasteiger partial charge on any atom is -0.461 e. The largest absolute Gasteiger partial charge is 0.461 e. The Balaban J connectivity index is 2.25. The van der Waals surface area contributed by atoms with E-state index in [-0.39, 0.29) is 13.3 Å². The second kappa shape index (κ2) is 9.61. The number of carbonyl (C=O) groups excluding carboxylic acids is 2. The van der Waals surface area contributed by atoms with Crippen molar-refractivity contribution in [1.29, 1.82) is 0 Å². The van der Waals surface area contributed by atoms with E-state index in [1.807, 2.05) is 0 Å². The molecule has 0 fully saturated rings. The van der Waals surface area contributed by atoms with Crippen molar-refractivity contribution in [2.75, 3.05) is 18.5 Å². The van der Waals surface area contributed by atoms with Crippen LogP contribution in [0.4, 0.5) is 10.6 Å². The average Bonchev–Trinajstić information content (AvgIpc) is 2.94. The number of hydrogen-bond acceptors (Lipinski definition) is 6. The highest BCUT2D eigenvalue weighted by Crippen LogP contribution is 2.22. The highest BCUT2D eigenvalue weighted by Gasteiger charge is 2.20. The standard InChI is InChI=1S/C21H33N3O5Si/c1-8-28-19(25)17-13-15-16(24(17)14-27-11-12-30(5,6)7)9-10-18(22-15)23-20(26)29-21(2,3)4/h9-10,13H,8,11-12,14H2,1-7H3,(H,22,23,26). The van der Waals surface area contributed by atoms with Gasteiger partial charge in [-0.2, -0.15) is 0 Å². The van der Waals surface area contributed by atoms with Crippen LogP contribution in [0.15, 0.2) is 18.2 Å². The van der Waals surface area contributed by atoms with Crippen LogP contribution in [-0.2, 0) is 20.9 Å². The third-order valence-corrected chi connectivity index (χ3v) is 5.79. The van der Waals surface area contributed by atoms with Crippen molar-refractivity contribution in [3.05, 3.63) is 23.9 Å². The van der Waals surface area contributed by atoms with E-state index >= 15 is 0 Å². The Kier molecular flexibility index (Phi) is 7.65. The topological polar surface area (TPSA) is 91.7 Å². The van der Waals surface area contributed by atoms with Gasteiger partial charge in [-0.25, -0.2) is 14.6 Å². The summed E-state index contributed by atoms with van der Waals surface area (Å²) in [6, 6.07) is 6.14. The Labute approximate surface area is 178 Å². The molecule has 0 aliphatic carbocycles. The van der Waals surface area contributed by atoms with Crippen LogP contribution in [0.3, 0.4) is 0 Å². The molecule has 0 spiro atoms. The zero-order valence-corrected chi connectivity index (χ0v) is 20.0. The molecular weight excluding hydrogens is 402 g/mol. The molecule has 30 heavy (non-hydrogen) atoms. The molecule has 2 rings (SSSR count). The van der Waals surface area contributed by atoms with Crippen molar-refractivity contribution in [3.63, 3.8) is 0 Å². The summed E-state index contributed by atoms with van der Waals surface area (Å²) in [7, 11) is -1.21. The van der Waals surface area contributed by atoms with E-state index in [2.05, 4.69) is 29.9 Å². The van der Waals surface area contributed by atoms with Crippen molar-refractivity contribution in [2.24, 2.45) is 0 Å². The van der Waals surface area contributed by atoms with Gasteiger partial charge in [0, 0.05) is 14.7 Å². The predicted octanol–water partition coefficient (Wildman–Crippen LogP) is 4.87. The Hall–Kier alpha value is -2.39. The second-order valence-corrected chi connectivity index (χ2v) is 14.9. The van der Waals surface area contributed by atoms with E-state index in [0.29, 0.717) is 23.6 Å². The number of carbonyl (C=O) groups is 2. The van der Waals surface area contributed by atoms with Crippen LogP contribution < -0.4 is 5.32 Å². The van der Waals surface area contributed by atoms with Crippen LogP contribution >= 0.6 is 0 Å². The summed E-state index contributed by atoms with van der Waals surface area (Å²) in [6.07, 6.45) is -0.589. The number of nitrogens with zero attached hydrogens (tertiary/aromatic N) is 2. The number of pyridine rings is 1. The minimum atomic E-state index is -1.21. The van der Waals surface area contributed by atoms with Gasteiger partial charge in [0.25, 0.3) is 0 Å². The van der Waals surface area contributed by atoms with Gasteiger partial charge in [-0.3, -0.25) is 5.32 Å². The maximum Gasteiger partial charge on any atom is 0.413 e. The second-order valence-electron chi connectivity index (χ2n) is 9.25. The van der Waals surface area contributed by atoms with E-state index < -0.39 is 25.7 Å². The smallest absolute Gasteiger partial charge is 0.413 e. The van der Waals surface area contributed by atoms with Gasteiger partial charge in [-0.15, -0.1) is 0 Å². The molecule has 0 atom stereocenters. The monoisotopic (exact) mass is 435 g/mol. The Bertz CT molecular complexity index is 896. The molecule has 2 aromatic rings. The van der Waals surface area contributed by atoms with E-state index in [9.17, 15) is 9.59 Å². The lowest BCUT2D eigenvalue weighted by Crippen LogP contribution is -2.27. The van der Waals surface area contributed by atoms with Crippen LogP contribution in [0, 0.1) is 0 Å². The number of hydrogen-bond donors (Lipinski definition) is 1. The molecule has 166 valence electrons. The van der Waals surface area contributed by atoms with Gasteiger partial charge in [-0.1, -0.05) is 19.6 Å².